The molecule has 3 N–H and O–H groups in total. The van der Waals surface area contributed by atoms with Gasteiger partial charge in [-0.2, -0.15) is 0 Å². The van der Waals surface area contributed by atoms with Gasteiger partial charge in [0.1, 0.15) is 12.1 Å². The minimum Gasteiger partial charge on any atom is -0.444 e. The SMILES string of the molecule is C=CCNC(=O)C(=O)C(CC(=O)[C@@H]1CC(OC(=O)N2CCc3ccccc3C2)CN1C(=O)[C@@H](NC(=O)NC1(CS(=O)(=O)C(C)(C)C)CCCCC1)C(C)(C)C)CC1CCC1. The highest BCUT2D eigenvalue weighted by Gasteiger charge is 2.48. The minimum atomic E-state index is -3.63. The van der Waals surface area contributed by atoms with Crippen molar-refractivity contribution in [2.75, 3.05) is 25.4 Å². The lowest BCUT2D eigenvalue weighted by Crippen LogP contribution is -2.63. The Labute approximate surface area is 356 Å². The van der Waals surface area contributed by atoms with Crippen molar-refractivity contribution in [2.45, 2.75) is 154 Å². The van der Waals surface area contributed by atoms with E-state index >= 15 is 0 Å². The molecule has 2 unspecified atom stereocenters. The van der Waals surface area contributed by atoms with Crippen LogP contribution in [0.25, 0.3) is 0 Å². The number of Topliss-reactive ketones (excluding diaryl/α,β-unsaturated/α-hetero) is 2. The molecule has 2 aliphatic heterocycles. The summed E-state index contributed by atoms with van der Waals surface area (Å²) in [6.07, 6.45) is 6.85. The molecule has 1 aromatic rings. The first-order valence-corrected chi connectivity index (χ1v) is 23.4. The van der Waals surface area contributed by atoms with Crippen molar-refractivity contribution in [3.8, 4) is 0 Å². The highest BCUT2D eigenvalue weighted by atomic mass is 32.2. The zero-order valence-corrected chi connectivity index (χ0v) is 37.3. The number of hydrogen-bond acceptors (Lipinski definition) is 9. The molecule has 5 rings (SSSR count). The normalized spacial score (nSPS) is 21.7. The van der Waals surface area contributed by atoms with Gasteiger partial charge in [0.05, 0.1) is 28.6 Å². The van der Waals surface area contributed by atoms with E-state index in [9.17, 15) is 37.2 Å². The molecule has 1 saturated heterocycles. The Kier molecular flexibility index (Phi) is 15.0. The van der Waals surface area contributed by atoms with Gasteiger partial charge >= 0.3 is 12.1 Å². The molecule has 3 fully saturated rings. The van der Waals surface area contributed by atoms with Crippen LogP contribution < -0.4 is 16.0 Å². The summed E-state index contributed by atoms with van der Waals surface area (Å²) in [5.41, 5.74) is 0.255. The van der Waals surface area contributed by atoms with E-state index in [0.717, 1.165) is 49.7 Å². The number of sulfone groups is 1. The maximum absolute atomic E-state index is 14.9. The monoisotopic (exact) mass is 853 g/mol. The Balaban J connectivity index is 1.39. The van der Waals surface area contributed by atoms with E-state index in [1.165, 1.54) is 11.0 Å². The highest BCUT2D eigenvalue weighted by molar-refractivity contribution is 7.92. The number of fused-ring (bicyclic) bond motifs is 1. The van der Waals surface area contributed by atoms with E-state index < -0.39 is 85.1 Å². The van der Waals surface area contributed by atoms with Crippen molar-refractivity contribution in [1.29, 1.82) is 0 Å². The number of urea groups is 1. The summed E-state index contributed by atoms with van der Waals surface area (Å²) < 4.78 is 31.9. The van der Waals surface area contributed by atoms with Crippen molar-refractivity contribution < 1.29 is 41.9 Å². The van der Waals surface area contributed by atoms with E-state index in [2.05, 4.69) is 22.5 Å². The van der Waals surface area contributed by atoms with Gasteiger partial charge in [0.25, 0.3) is 5.91 Å². The molecular formula is C45H67N5O9S. The van der Waals surface area contributed by atoms with E-state index in [4.69, 9.17) is 4.74 Å². The first kappa shape index (κ1) is 46.8. The molecule has 332 valence electrons. The maximum atomic E-state index is 14.9. The molecular weight excluding hydrogens is 787 g/mol. The van der Waals surface area contributed by atoms with Crippen LogP contribution in [0.4, 0.5) is 9.59 Å². The fourth-order valence-electron chi connectivity index (χ4n) is 8.87. The lowest BCUT2D eigenvalue weighted by molar-refractivity contribution is -0.144. The van der Waals surface area contributed by atoms with Gasteiger partial charge in [-0.3, -0.25) is 19.2 Å². The van der Waals surface area contributed by atoms with Gasteiger partial charge in [-0.1, -0.05) is 89.6 Å². The first-order valence-electron chi connectivity index (χ1n) is 21.7. The number of benzene rings is 1. The number of nitrogens with zero attached hydrogens (tertiary/aromatic N) is 2. The molecule has 0 spiro atoms. The minimum absolute atomic E-state index is 0.0232. The van der Waals surface area contributed by atoms with Gasteiger partial charge in [0, 0.05) is 38.4 Å². The molecule has 2 aliphatic carbocycles. The quantitative estimate of drug-likeness (QED) is 0.153. The number of rotatable bonds is 15. The second-order valence-electron chi connectivity index (χ2n) is 19.6. The number of carbonyl (C=O) groups excluding carboxylic acids is 6. The van der Waals surface area contributed by atoms with Gasteiger partial charge in [-0.05, 0) is 68.9 Å². The van der Waals surface area contributed by atoms with Gasteiger partial charge in [0.15, 0.2) is 15.6 Å². The zero-order chi connectivity index (χ0) is 44.0. The highest BCUT2D eigenvalue weighted by Crippen LogP contribution is 2.36. The average molecular weight is 854 g/mol. The smallest absolute Gasteiger partial charge is 0.410 e. The van der Waals surface area contributed by atoms with E-state index in [0.29, 0.717) is 38.8 Å². The topological polar surface area (TPSA) is 188 Å². The molecule has 60 heavy (non-hydrogen) atoms. The molecule has 0 radical (unpaired) electrons. The summed E-state index contributed by atoms with van der Waals surface area (Å²) in [6.45, 7) is 14.6. The van der Waals surface area contributed by atoms with Crippen LogP contribution >= 0.6 is 0 Å². The van der Waals surface area contributed by atoms with E-state index in [1.54, 1.807) is 46.4 Å². The second kappa shape index (κ2) is 19.2. The molecule has 4 atom stereocenters. The molecule has 5 amide bonds. The van der Waals surface area contributed by atoms with E-state index in [1.807, 2.05) is 24.3 Å². The number of ketones is 2. The number of hydrogen-bond donors (Lipinski definition) is 3. The Morgan fingerprint density at radius 3 is 2.23 bits per heavy atom. The lowest BCUT2D eigenvalue weighted by Gasteiger charge is -2.41. The summed E-state index contributed by atoms with van der Waals surface area (Å²) in [5.74, 6) is -3.45. The third-order valence-electron chi connectivity index (χ3n) is 12.8. The van der Waals surface area contributed by atoms with Crippen molar-refractivity contribution >= 4 is 45.3 Å². The third kappa shape index (κ3) is 11.6. The van der Waals surface area contributed by atoms with Crippen LogP contribution in [0.15, 0.2) is 36.9 Å². The summed E-state index contributed by atoms with van der Waals surface area (Å²) in [7, 11) is -3.63. The zero-order valence-electron chi connectivity index (χ0n) is 36.5. The summed E-state index contributed by atoms with van der Waals surface area (Å²) in [6, 6.07) is 4.89. The van der Waals surface area contributed by atoms with E-state index in [-0.39, 0.29) is 37.6 Å². The fourth-order valence-corrected chi connectivity index (χ4v) is 10.4. The number of amides is 5. The maximum Gasteiger partial charge on any atom is 0.410 e. The van der Waals surface area contributed by atoms with Crippen LogP contribution in [0, 0.1) is 17.3 Å². The predicted molar refractivity (Wildman–Crippen MR) is 228 cm³/mol. The van der Waals surface area contributed by atoms with Gasteiger partial charge in [-0.25, -0.2) is 18.0 Å². The largest absolute Gasteiger partial charge is 0.444 e. The van der Waals surface area contributed by atoms with Gasteiger partial charge < -0.3 is 30.5 Å². The van der Waals surface area contributed by atoms with Crippen LogP contribution in [0.5, 0.6) is 0 Å². The van der Waals surface area contributed by atoms with Gasteiger partial charge in [-0.15, -0.1) is 6.58 Å². The van der Waals surface area contributed by atoms with Crippen LogP contribution in [-0.4, -0.2) is 108 Å². The number of likely N-dealkylation sites (tertiary alicyclic amines) is 1. The van der Waals surface area contributed by atoms with Crippen molar-refractivity contribution in [2.24, 2.45) is 17.3 Å². The summed E-state index contributed by atoms with van der Waals surface area (Å²) in [4.78, 5) is 86.3. The Bertz CT molecular complexity index is 1890. The molecule has 14 nitrogen and oxygen atoms in total. The Morgan fingerprint density at radius 1 is 0.967 bits per heavy atom. The standard InChI is InChI=1S/C45H67N5O9S/c1-8-22-46-39(53)37(52)33(24-30-15-14-16-30)25-36(51)35-26-34(59-42(56)49-23-19-31-17-10-11-18-32(31)27-49)28-50(35)40(54)38(43(2,3)4)47-41(55)48-45(20-12-9-13-21-45)29-60(57,58)44(5,6)7/h8,10-11,17-18,30,33-35,38H,1,9,12-16,19-29H2,2-7H3,(H,46,53)(H2,47,48,55)/t33?,34?,35-,38+/m0/s1. The molecule has 0 aromatic heterocycles. The van der Waals surface area contributed by atoms with Crippen LogP contribution in [0.1, 0.15) is 123 Å². The third-order valence-corrected chi connectivity index (χ3v) is 15.6. The Morgan fingerprint density at radius 2 is 1.63 bits per heavy atom. The summed E-state index contributed by atoms with van der Waals surface area (Å²) in [5, 5.41) is 8.39. The van der Waals surface area contributed by atoms with Crippen LogP contribution in [-0.2, 0) is 46.7 Å². The second-order valence-corrected chi connectivity index (χ2v) is 22.3. The number of ether oxygens (including phenoxy) is 1. The number of carbonyl (C=O) groups is 6. The lowest BCUT2D eigenvalue weighted by atomic mass is 9.76. The summed E-state index contributed by atoms with van der Waals surface area (Å²) >= 11 is 0. The molecule has 4 aliphatic rings. The Hall–Kier alpha value is -4.27. The van der Waals surface area contributed by atoms with Crippen LogP contribution in [0.3, 0.4) is 0 Å². The molecule has 2 saturated carbocycles. The van der Waals surface area contributed by atoms with Gasteiger partial charge in [0.2, 0.25) is 11.7 Å². The predicted octanol–water partition coefficient (Wildman–Crippen LogP) is 5.42. The number of nitrogens with one attached hydrogen (secondary N) is 3. The molecule has 2 heterocycles. The molecule has 1 aromatic carbocycles. The van der Waals surface area contributed by atoms with Crippen molar-refractivity contribution in [1.82, 2.24) is 25.8 Å². The fraction of sp³-hybridized carbons (Fsp3) is 0.689. The molecule has 15 heteroatoms. The van der Waals surface area contributed by atoms with Crippen molar-refractivity contribution in [3.63, 3.8) is 0 Å². The van der Waals surface area contributed by atoms with Crippen molar-refractivity contribution in [3.05, 3.63) is 48.0 Å². The first-order chi connectivity index (χ1) is 28.1. The van der Waals surface area contributed by atoms with Crippen LogP contribution in [0.2, 0.25) is 0 Å². The average Bonchev–Trinajstić information content (AvgIpc) is 3.59. The molecule has 0 bridgehead atoms.